The van der Waals surface area contributed by atoms with Gasteiger partial charge in [0.15, 0.2) is 6.10 Å². The van der Waals surface area contributed by atoms with Gasteiger partial charge in [0, 0.05) is 5.02 Å². The second-order valence-corrected chi connectivity index (χ2v) is 4.52. The van der Waals surface area contributed by atoms with Crippen molar-refractivity contribution in [1.82, 2.24) is 0 Å². The molecule has 1 aromatic rings. The highest BCUT2D eigenvalue weighted by Crippen LogP contribution is 2.36. The molecule has 1 rings (SSSR count). The van der Waals surface area contributed by atoms with Crippen molar-refractivity contribution in [1.29, 1.82) is 0 Å². The topological polar surface area (TPSA) is 46.2 Å². The van der Waals surface area contributed by atoms with E-state index in [0.29, 0.717) is 0 Å². The van der Waals surface area contributed by atoms with Gasteiger partial charge in [-0.2, -0.15) is 13.2 Å². The van der Waals surface area contributed by atoms with Crippen molar-refractivity contribution in [3.05, 3.63) is 32.8 Å². The lowest BCUT2D eigenvalue weighted by Crippen LogP contribution is -2.39. The molecule has 0 saturated heterocycles. The van der Waals surface area contributed by atoms with Crippen molar-refractivity contribution >= 4 is 34.8 Å². The molecule has 17 heavy (non-hydrogen) atoms. The zero-order valence-corrected chi connectivity index (χ0v) is 10.4. The van der Waals surface area contributed by atoms with Gasteiger partial charge in [0.2, 0.25) is 0 Å². The number of nitrogens with two attached hydrogens (primary N) is 1. The molecule has 0 bridgehead atoms. The molecule has 0 saturated carbocycles. The third kappa shape index (κ3) is 3.39. The van der Waals surface area contributed by atoms with Crippen molar-refractivity contribution in [3.63, 3.8) is 0 Å². The average molecular weight is 309 g/mol. The van der Waals surface area contributed by atoms with Crippen LogP contribution in [0.5, 0.6) is 0 Å². The van der Waals surface area contributed by atoms with Crippen molar-refractivity contribution in [2.75, 3.05) is 0 Å². The maximum absolute atomic E-state index is 12.3. The third-order valence-corrected chi connectivity index (χ3v) is 3.09. The van der Waals surface area contributed by atoms with Crippen LogP contribution in [0.2, 0.25) is 15.1 Å². The van der Waals surface area contributed by atoms with Gasteiger partial charge in [-0.3, -0.25) is 0 Å². The fraction of sp³-hybridized carbons (Fsp3) is 0.333. The number of benzene rings is 1. The molecule has 0 aromatic heterocycles. The van der Waals surface area contributed by atoms with Crippen LogP contribution in [0.1, 0.15) is 11.6 Å². The van der Waals surface area contributed by atoms with E-state index < -0.39 is 18.3 Å². The van der Waals surface area contributed by atoms with Gasteiger partial charge in [0.1, 0.15) is 0 Å². The predicted molar refractivity (Wildman–Crippen MR) is 60.5 cm³/mol. The smallest absolute Gasteiger partial charge is 0.382 e. The Morgan fingerprint density at radius 3 is 2.18 bits per heavy atom. The summed E-state index contributed by atoms with van der Waals surface area (Å²) in [5.74, 6) is 0. The summed E-state index contributed by atoms with van der Waals surface area (Å²) >= 11 is 17.0. The van der Waals surface area contributed by atoms with E-state index in [4.69, 9.17) is 45.6 Å². The summed E-state index contributed by atoms with van der Waals surface area (Å²) < 4.78 is 36.8. The summed E-state index contributed by atoms with van der Waals surface area (Å²) in [6, 6.07) is 0.649. The van der Waals surface area contributed by atoms with Crippen LogP contribution in [0.25, 0.3) is 0 Å². The zero-order chi connectivity index (χ0) is 13.4. The van der Waals surface area contributed by atoms with E-state index in [2.05, 4.69) is 0 Å². The first-order valence-corrected chi connectivity index (χ1v) is 5.42. The van der Waals surface area contributed by atoms with Gasteiger partial charge in [-0.1, -0.05) is 34.8 Å². The van der Waals surface area contributed by atoms with E-state index in [0.717, 1.165) is 6.07 Å². The van der Waals surface area contributed by atoms with Gasteiger partial charge < -0.3 is 10.8 Å². The monoisotopic (exact) mass is 307 g/mol. The van der Waals surface area contributed by atoms with Gasteiger partial charge >= 0.3 is 6.18 Å². The Hall–Kier alpha value is -0.200. The minimum atomic E-state index is -4.85. The number of alkyl halides is 3. The Morgan fingerprint density at radius 1 is 1.18 bits per heavy atom. The van der Waals surface area contributed by atoms with Crippen molar-refractivity contribution in [2.45, 2.75) is 18.3 Å². The van der Waals surface area contributed by atoms with E-state index in [1.165, 1.54) is 6.07 Å². The number of aliphatic hydroxyl groups is 1. The van der Waals surface area contributed by atoms with E-state index >= 15 is 0 Å². The summed E-state index contributed by atoms with van der Waals surface area (Å²) in [6.07, 6.45) is -7.59. The van der Waals surface area contributed by atoms with Crippen LogP contribution in [0.4, 0.5) is 13.2 Å². The Labute approximate surface area is 110 Å². The molecule has 0 heterocycles. The molecule has 1 aromatic carbocycles. The number of halogens is 6. The van der Waals surface area contributed by atoms with Gasteiger partial charge in [0.25, 0.3) is 0 Å². The molecule has 0 fully saturated rings. The van der Waals surface area contributed by atoms with Crippen LogP contribution in [-0.2, 0) is 0 Å². The predicted octanol–water partition coefficient (Wildman–Crippen LogP) is 3.57. The quantitative estimate of drug-likeness (QED) is 0.821. The molecular weight excluding hydrogens is 301 g/mol. The molecule has 0 spiro atoms. The highest BCUT2D eigenvalue weighted by atomic mass is 35.5. The summed E-state index contributed by atoms with van der Waals surface area (Å²) in [4.78, 5) is 0. The maximum atomic E-state index is 12.3. The van der Waals surface area contributed by atoms with Gasteiger partial charge in [-0.25, -0.2) is 0 Å². The van der Waals surface area contributed by atoms with Crippen LogP contribution < -0.4 is 5.73 Å². The highest BCUT2D eigenvalue weighted by Gasteiger charge is 2.43. The van der Waals surface area contributed by atoms with E-state index in [9.17, 15) is 13.2 Å². The molecule has 2 atom stereocenters. The molecule has 0 unspecified atom stereocenters. The van der Waals surface area contributed by atoms with Crippen LogP contribution in [0.3, 0.4) is 0 Å². The van der Waals surface area contributed by atoms with Crippen molar-refractivity contribution in [3.8, 4) is 0 Å². The van der Waals surface area contributed by atoms with E-state index in [-0.39, 0.29) is 20.6 Å². The normalized spacial score (nSPS) is 15.8. The number of hydrogen-bond donors (Lipinski definition) is 2. The molecule has 2 nitrogen and oxygen atoms in total. The largest absolute Gasteiger partial charge is 0.416 e. The van der Waals surface area contributed by atoms with Gasteiger partial charge in [0.05, 0.1) is 16.1 Å². The van der Waals surface area contributed by atoms with E-state index in [1.54, 1.807) is 0 Å². The van der Waals surface area contributed by atoms with Gasteiger partial charge in [-0.05, 0) is 17.7 Å². The van der Waals surface area contributed by atoms with Crippen LogP contribution in [0, 0.1) is 0 Å². The second kappa shape index (κ2) is 5.20. The molecule has 96 valence electrons. The number of rotatable bonds is 2. The summed E-state index contributed by atoms with van der Waals surface area (Å²) in [7, 11) is 0. The van der Waals surface area contributed by atoms with Crippen LogP contribution in [-0.4, -0.2) is 17.4 Å². The maximum Gasteiger partial charge on any atom is 0.416 e. The lowest BCUT2D eigenvalue weighted by Gasteiger charge is -2.22. The first kappa shape index (κ1) is 14.9. The molecule has 0 aliphatic rings. The fourth-order valence-corrected chi connectivity index (χ4v) is 1.94. The summed E-state index contributed by atoms with van der Waals surface area (Å²) in [5.41, 5.74) is 5.13. The molecular formula is C9H7Cl3F3NO. The number of aliphatic hydroxyl groups excluding tert-OH is 1. The van der Waals surface area contributed by atoms with Crippen molar-refractivity contribution in [2.24, 2.45) is 5.73 Å². The molecule has 3 N–H and O–H groups in total. The van der Waals surface area contributed by atoms with Crippen LogP contribution in [0.15, 0.2) is 12.1 Å². The zero-order valence-electron chi connectivity index (χ0n) is 8.10. The Balaban J connectivity index is 3.17. The average Bonchev–Trinajstić information content (AvgIpc) is 2.20. The third-order valence-electron chi connectivity index (χ3n) is 2.06. The minimum absolute atomic E-state index is 0.0287. The Bertz CT molecular complexity index is 425. The molecule has 0 radical (unpaired) electrons. The first-order valence-electron chi connectivity index (χ1n) is 4.29. The van der Waals surface area contributed by atoms with Crippen molar-refractivity contribution < 1.29 is 18.3 Å². The second-order valence-electron chi connectivity index (χ2n) is 3.30. The summed E-state index contributed by atoms with van der Waals surface area (Å²) in [5, 5.41) is 8.91. The lowest BCUT2D eigenvalue weighted by molar-refractivity contribution is -0.210. The molecule has 0 aliphatic heterocycles. The standard InChI is InChI=1S/C9H7Cl3F3NO/c10-3-1-4(6(12)5(11)2-3)7(16)8(17)9(13,14)15/h1-2,7-8,17H,16H2/t7-,8-/m0/s1. The lowest BCUT2D eigenvalue weighted by atomic mass is 10.0. The van der Waals surface area contributed by atoms with Crippen LogP contribution >= 0.6 is 34.8 Å². The number of hydrogen-bond acceptors (Lipinski definition) is 2. The molecule has 0 amide bonds. The Kier molecular flexibility index (Phi) is 4.54. The fourth-order valence-electron chi connectivity index (χ4n) is 1.19. The molecule has 8 heteroatoms. The Morgan fingerprint density at radius 2 is 1.71 bits per heavy atom. The summed E-state index contributed by atoms with van der Waals surface area (Å²) in [6.45, 7) is 0. The SMILES string of the molecule is N[C@@H](c1cc(Cl)cc(Cl)c1Cl)[C@H](O)C(F)(F)F. The highest BCUT2D eigenvalue weighted by molar-refractivity contribution is 6.43. The van der Waals surface area contributed by atoms with E-state index in [1.807, 2.05) is 0 Å². The van der Waals surface area contributed by atoms with Gasteiger partial charge in [-0.15, -0.1) is 0 Å². The first-order chi connectivity index (χ1) is 7.64. The minimum Gasteiger partial charge on any atom is -0.382 e. The molecule has 0 aliphatic carbocycles.